The number of aliphatic hydroxyl groups excluding tert-OH is 1. The lowest BCUT2D eigenvalue weighted by molar-refractivity contribution is 0.184. The molecule has 1 N–H and O–H groups in total. The second-order valence-electron chi connectivity index (χ2n) is 5.21. The van der Waals surface area contributed by atoms with Gasteiger partial charge in [0.2, 0.25) is 0 Å². The van der Waals surface area contributed by atoms with E-state index in [4.69, 9.17) is 5.11 Å². The van der Waals surface area contributed by atoms with Crippen LogP contribution >= 0.6 is 0 Å². The molecular formula is C11H19N3O. The minimum atomic E-state index is -0.0140. The van der Waals surface area contributed by atoms with Gasteiger partial charge in [0.25, 0.3) is 0 Å². The summed E-state index contributed by atoms with van der Waals surface area (Å²) in [5.74, 6) is 0.694. The highest BCUT2D eigenvalue weighted by atomic mass is 16.3. The van der Waals surface area contributed by atoms with E-state index < -0.39 is 0 Å². The maximum absolute atomic E-state index is 9.12. The summed E-state index contributed by atoms with van der Waals surface area (Å²) in [7, 11) is 0. The number of hydrogen-bond acceptors (Lipinski definition) is 3. The number of aromatic nitrogens is 3. The van der Waals surface area contributed by atoms with Crippen LogP contribution in [0.3, 0.4) is 0 Å². The molecule has 0 radical (unpaired) electrons. The Morgan fingerprint density at radius 3 is 2.73 bits per heavy atom. The van der Waals surface area contributed by atoms with Gasteiger partial charge in [-0.05, 0) is 31.1 Å². The number of rotatable bonds is 2. The third kappa shape index (κ3) is 2.20. The third-order valence-electron chi connectivity index (χ3n) is 3.49. The minimum Gasteiger partial charge on any atom is -0.388 e. The van der Waals surface area contributed by atoms with Crippen LogP contribution in [0.4, 0.5) is 0 Å². The number of nitrogens with zero attached hydrogens (tertiary/aromatic N) is 3. The van der Waals surface area contributed by atoms with Crippen molar-refractivity contribution in [3.05, 3.63) is 12.2 Å². The van der Waals surface area contributed by atoms with Gasteiger partial charge in [-0.1, -0.05) is 13.8 Å². The second-order valence-corrected chi connectivity index (χ2v) is 5.21. The molecule has 1 heterocycles. The fourth-order valence-corrected chi connectivity index (χ4v) is 2.35. The largest absolute Gasteiger partial charge is 0.388 e. The van der Waals surface area contributed by atoms with Gasteiger partial charge < -0.3 is 9.67 Å². The Balaban J connectivity index is 2.07. The monoisotopic (exact) mass is 209 g/mol. The van der Waals surface area contributed by atoms with E-state index in [2.05, 4.69) is 24.0 Å². The summed E-state index contributed by atoms with van der Waals surface area (Å²) >= 11 is 0. The molecule has 1 aliphatic carbocycles. The molecule has 1 saturated carbocycles. The van der Waals surface area contributed by atoms with Crippen molar-refractivity contribution in [2.24, 2.45) is 5.41 Å². The van der Waals surface area contributed by atoms with Crippen molar-refractivity contribution < 1.29 is 5.11 Å². The Hall–Kier alpha value is -0.900. The van der Waals surface area contributed by atoms with E-state index in [1.807, 2.05) is 4.57 Å². The molecule has 0 saturated heterocycles. The molecule has 0 aliphatic heterocycles. The van der Waals surface area contributed by atoms with Crippen molar-refractivity contribution in [1.29, 1.82) is 0 Å². The van der Waals surface area contributed by atoms with Crippen LogP contribution in [-0.4, -0.2) is 19.9 Å². The second kappa shape index (κ2) is 3.93. The van der Waals surface area contributed by atoms with Crippen LogP contribution in [-0.2, 0) is 6.61 Å². The summed E-state index contributed by atoms with van der Waals surface area (Å²) in [5.41, 5.74) is 0.476. The first-order valence-corrected chi connectivity index (χ1v) is 5.62. The van der Waals surface area contributed by atoms with Crippen molar-refractivity contribution in [3.63, 3.8) is 0 Å². The van der Waals surface area contributed by atoms with Crippen molar-refractivity contribution in [2.75, 3.05) is 0 Å². The Labute approximate surface area is 90.3 Å². The average Bonchev–Trinajstić information content (AvgIpc) is 2.65. The molecule has 2 rings (SSSR count). The summed E-state index contributed by atoms with van der Waals surface area (Å²) in [5, 5.41) is 16.9. The van der Waals surface area contributed by atoms with E-state index >= 15 is 0 Å². The predicted octanol–water partition coefficient (Wildman–Crippen LogP) is 1.91. The molecule has 0 spiro atoms. The van der Waals surface area contributed by atoms with Crippen LogP contribution < -0.4 is 0 Å². The van der Waals surface area contributed by atoms with Gasteiger partial charge in [0, 0.05) is 6.04 Å². The van der Waals surface area contributed by atoms with Crippen LogP contribution in [0.2, 0.25) is 0 Å². The maximum atomic E-state index is 9.12. The van der Waals surface area contributed by atoms with Crippen LogP contribution in [0.1, 0.15) is 51.4 Å². The van der Waals surface area contributed by atoms with Gasteiger partial charge >= 0.3 is 0 Å². The van der Waals surface area contributed by atoms with Crippen LogP contribution in [0, 0.1) is 5.41 Å². The molecule has 0 amide bonds. The highest BCUT2D eigenvalue weighted by Crippen LogP contribution is 2.40. The Kier molecular flexibility index (Phi) is 2.78. The van der Waals surface area contributed by atoms with Crippen molar-refractivity contribution in [3.8, 4) is 0 Å². The molecule has 84 valence electrons. The smallest absolute Gasteiger partial charge is 0.158 e. The van der Waals surface area contributed by atoms with Gasteiger partial charge in [0.05, 0.1) is 0 Å². The fourth-order valence-electron chi connectivity index (χ4n) is 2.35. The lowest BCUT2D eigenvalue weighted by Crippen LogP contribution is -2.24. The molecule has 4 nitrogen and oxygen atoms in total. The zero-order valence-electron chi connectivity index (χ0n) is 9.48. The summed E-state index contributed by atoms with van der Waals surface area (Å²) in [6.45, 7) is 4.63. The van der Waals surface area contributed by atoms with Gasteiger partial charge in [0.1, 0.15) is 12.9 Å². The summed E-state index contributed by atoms with van der Waals surface area (Å²) in [6, 6.07) is 0.482. The Morgan fingerprint density at radius 1 is 1.47 bits per heavy atom. The Morgan fingerprint density at radius 2 is 2.13 bits per heavy atom. The molecule has 0 bridgehead atoms. The van der Waals surface area contributed by atoms with Crippen LogP contribution in [0.5, 0.6) is 0 Å². The molecule has 1 aromatic heterocycles. The first-order chi connectivity index (χ1) is 7.12. The fraction of sp³-hybridized carbons (Fsp3) is 0.818. The summed E-state index contributed by atoms with van der Waals surface area (Å²) in [6.07, 6.45) is 6.55. The van der Waals surface area contributed by atoms with E-state index in [1.54, 1.807) is 6.33 Å². The summed E-state index contributed by atoms with van der Waals surface area (Å²) in [4.78, 5) is 0. The molecule has 0 atom stereocenters. The van der Waals surface area contributed by atoms with Gasteiger partial charge in [-0.2, -0.15) is 0 Å². The van der Waals surface area contributed by atoms with Gasteiger partial charge in [-0.25, -0.2) is 0 Å². The normalized spacial score (nSPS) is 21.8. The van der Waals surface area contributed by atoms with Crippen molar-refractivity contribution in [2.45, 2.75) is 52.2 Å². The van der Waals surface area contributed by atoms with Gasteiger partial charge in [-0.15, -0.1) is 10.2 Å². The molecule has 0 unspecified atom stereocenters. The average molecular weight is 209 g/mol. The third-order valence-corrected chi connectivity index (χ3v) is 3.49. The lowest BCUT2D eigenvalue weighted by atomic mass is 9.75. The highest BCUT2D eigenvalue weighted by molar-refractivity contribution is 4.90. The standard InChI is InChI=1S/C11H19N3O/c1-11(2)5-3-9(4-6-11)14-8-12-13-10(14)7-15/h8-9,15H,3-7H2,1-2H3. The molecule has 1 aliphatic rings. The van der Waals surface area contributed by atoms with E-state index in [0.29, 0.717) is 17.3 Å². The quantitative estimate of drug-likeness (QED) is 0.809. The number of aliphatic hydroxyl groups is 1. The molecular weight excluding hydrogens is 190 g/mol. The molecule has 1 fully saturated rings. The van der Waals surface area contributed by atoms with E-state index in [1.165, 1.54) is 12.8 Å². The topological polar surface area (TPSA) is 50.9 Å². The molecule has 1 aromatic rings. The lowest BCUT2D eigenvalue weighted by Gasteiger charge is -2.35. The van der Waals surface area contributed by atoms with Crippen molar-refractivity contribution >= 4 is 0 Å². The number of hydrogen-bond donors (Lipinski definition) is 1. The zero-order valence-corrected chi connectivity index (χ0v) is 9.48. The van der Waals surface area contributed by atoms with Gasteiger partial charge in [0.15, 0.2) is 5.82 Å². The SMILES string of the molecule is CC1(C)CCC(n2cnnc2CO)CC1. The molecule has 15 heavy (non-hydrogen) atoms. The van der Waals surface area contributed by atoms with E-state index in [-0.39, 0.29) is 6.61 Å². The Bertz CT molecular complexity index is 322. The van der Waals surface area contributed by atoms with E-state index in [0.717, 1.165) is 12.8 Å². The van der Waals surface area contributed by atoms with E-state index in [9.17, 15) is 0 Å². The zero-order chi connectivity index (χ0) is 10.9. The first kappa shape index (κ1) is 10.6. The van der Waals surface area contributed by atoms with Crippen LogP contribution in [0.15, 0.2) is 6.33 Å². The van der Waals surface area contributed by atoms with Crippen LogP contribution in [0.25, 0.3) is 0 Å². The molecule has 4 heteroatoms. The predicted molar refractivity (Wildman–Crippen MR) is 57.2 cm³/mol. The minimum absolute atomic E-state index is 0.0140. The van der Waals surface area contributed by atoms with Crippen molar-refractivity contribution in [1.82, 2.24) is 14.8 Å². The summed E-state index contributed by atoms with van der Waals surface area (Å²) < 4.78 is 2.04. The van der Waals surface area contributed by atoms with Gasteiger partial charge in [-0.3, -0.25) is 0 Å². The highest BCUT2D eigenvalue weighted by Gasteiger charge is 2.28. The molecule has 0 aromatic carbocycles. The first-order valence-electron chi connectivity index (χ1n) is 5.62. The maximum Gasteiger partial charge on any atom is 0.158 e.